The minimum Gasteiger partial charge on any atom is -0.437 e. The van der Waals surface area contributed by atoms with Gasteiger partial charge < -0.3 is 9.40 Å². The van der Waals surface area contributed by atoms with Crippen LogP contribution in [0.2, 0.25) is 0 Å². The molecule has 3 aromatic rings. The van der Waals surface area contributed by atoms with Gasteiger partial charge in [-0.3, -0.25) is 0 Å². The van der Waals surface area contributed by atoms with Crippen LogP contribution < -0.4 is 0 Å². The van der Waals surface area contributed by atoms with Gasteiger partial charge in [0.1, 0.15) is 0 Å². The largest absolute Gasteiger partial charge is 0.437 e. The number of aromatic nitrogens is 3. The number of hydrogen-bond acceptors (Lipinski definition) is 5. The van der Waals surface area contributed by atoms with Crippen molar-refractivity contribution in [1.29, 1.82) is 0 Å². The van der Waals surface area contributed by atoms with Crippen molar-refractivity contribution >= 4 is 20.9 Å². The number of aryl methyl sites for hydroxylation is 2. The zero-order valence-corrected chi connectivity index (χ0v) is 12.1. The topological polar surface area (TPSA) is 88.9 Å². The van der Waals surface area contributed by atoms with Crippen LogP contribution in [-0.4, -0.2) is 29.6 Å². The number of aromatic amines is 1. The third-order valence-electron chi connectivity index (χ3n) is 3.00. The van der Waals surface area contributed by atoms with E-state index in [-0.39, 0.29) is 4.90 Å². The number of rotatable bonds is 2. The summed E-state index contributed by atoms with van der Waals surface area (Å²) in [6.07, 6.45) is 1.18. The fourth-order valence-corrected chi connectivity index (χ4v) is 2.73. The Labute approximate surface area is 115 Å². The molecule has 0 aliphatic carbocycles. The first-order chi connectivity index (χ1) is 9.34. The molecular formula is C13H13N3O3S. The molecule has 3 rings (SSSR count). The van der Waals surface area contributed by atoms with Crippen LogP contribution in [0.4, 0.5) is 0 Å². The SMILES string of the molecule is Cc1nc(C)c(-c2nc3ccc(S(C)(=O)=O)cc3[nH]2)o1. The molecule has 0 bridgehead atoms. The average molecular weight is 291 g/mol. The van der Waals surface area contributed by atoms with Gasteiger partial charge in [-0.15, -0.1) is 0 Å². The Bertz CT molecular complexity index is 906. The Kier molecular flexibility index (Phi) is 2.68. The van der Waals surface area contributed by atoms with Crippen LogP contribution >= 0.6 is 0 Å². The van der Waals surface area contributed by atoms with E-state index < -0.39 is 9.84 Å². The lowest BCUT2D eigenvalue weighted by Crippen LogP contribution is -1.96. The number of nitrogens with one attached hydrogen (secondary N) is 1. The zero-order valence-electron chi connectivity index (χ0n) is 11.3. The Morgan fingerprint density at radius 3 is 2.55 bits per heavy atom. The van der Waals surface area contributed by atoms with E-state index in [1.165, 1.54) is 6.26 Å². The van der Waals surface area contributed by atoms with Crippen LogP contribution in [0, 0.1) is 13.8 Å². The molecule has 20 heavy (non-hydrogen) atoms. The molecule has 0 spiro atoms. The third-order valence-corrected chi connectivity index (χ3v) is 4.11. The second kappa shape index (κ2) is 4.17. The summed E-state index contributed by atoms with van der Waals surface area (Å²) in [5.74, 6) is 1.68. The molecule has 0 aliphatic rings. The molecule has 0 atom stereocenters. The molecule has 0 saturated carbocycles. The first-order valence-corrected chi connectivity index (χ1v) is 7.88. The van der Waals surface area contributed by atoms with Gasteiger partial charge in [-0.1, -0.05) is 0 Å². The first kappa shape index (κ1) is 12.9. The standard InChI is InChI=1S/C13H13N3O3S/c1-7-12(19-8(2)14-7)13-15-10-5-4-9(20(3,17)18)6-11(10)16-13/h4-6H,1-3H3,(H,15,16). The predicted molar refractivity (Wildman–Crippen MR) is 74.2 cm³/mol. The number of nitrogens with zero attached hydrogens (tertiary/aromatic N) is 2. The predicted octanol–water partition coefficient (Wildman–Crippen LogP) is 2.24. The van der Waals surface area contributed by atoms with Crippen molar-refractivity contribution < 1.29 is 12.8 Å². The van der Waals surface area contributed by atoms with Gasteiger partial charge in [0.2, 0.25) is 0 Å². The minimum atomic E-state index is -3.24. The van der Waals surface area contributed by atoms with Crippen molar-refractivity contribution in [2.75, 3.05) is 6.26 Å². The number of hydrogen-bond donors (Lipinski definition) is 1. The minimum absolute atomic E-state index is 0.255. The molecule has 0 aliphatic heterocycles. The fraction of sp³-hybridized carbons (Fsp3) is 0.231. The van der Waals surface area contributed by atoms with E-state index in [2.05, 4.69) is 15.0 Å². The summed E-state index contributed by atoms with van der Waals surface area (Å²) in [6, 6.07) is 4.78. The van der Waals surface area contributed by atoms with Crippen LogP contribution in [0.25, 0.3) is 22.6 Å². The van der Waals surface area contributed by atoms with Crippen molar-refractivity contribution in [2.45, 2.75) is 18.7 Å². The van der Waals surface area contributed by atoms with Crippen molar-refractivity contribution in [1.82, 2.24) is 15.0 Å². The van der Waals surface area contributed by atoms with Gasteiger partial charge in [-0.05, 0) is 25.1 Å². The van der Waals surface area contributed by atoms with Crippen molar-refractivity contribution in [3.05, 3.63) is 29.8 Å². The first-order valence-electron chi connectivity index (χ1n) is 5.99. The Balaban J connectivity index is 2.18. The lowest BCUT2D eigenvalue weighted by Gasteiger charge is -1.96. The van der Waals surface area contributed by atoms with E-state index in [1.54, 1.807) is 25.1 Å². The lowest BCUT2D eigenvalue weighted by molar-refractivity contribution is 0.531. The van der Waals surface area contributed by atoms with Gasteiger partial charge in [-0.25, -0.2) is 18.4 Å². The lowest BCUT2D eigenvalue weighted by atomic mass is 10.3. The number of imidazole rings is 1. The van der Waals surface area contributed by atoms with Crippen LogP contribution in [0.15, 0.2) is 27.5 Å². The maximum Gasteiger partial charge on any atom is 0.192 e. The molecule has 1 N–H and O–H groups in total. The van der Waals surface area contributed by atoms with Gasteiger partial charge in [-0.2, -0.15) is 0 Å². The number of benzene rings is 1. The maximum absolute atomic E-state index is 11.5. The van der Waals surface area contributed by atoms with Gasteiger partial charge in [0.15, 0.2) is 27.3 Å². The Morgan fingerprint density at radius 1 is 1.20 bits per heavy atom. The molecular weight excluding hydrogens is 278 g/mol. The van der Waals surface area contributed by atoms with Crippen LogP contribution in [0.3, 0.4) is 0 Å². The van der Waals surface area contributed by atoms with Crippen molar-refractivity contribution in [3.63, 3.8) is 0 Å². The quantitative estimate of drug-likeness (QED) is 0.782. The number of fused-ring (bicyclic) bond motifs is 1. The summed E-state index contributed by atoms with van der Waals surface area (Å²) in [5.41, 5.74) is 2.07. The summed E-state index contributed by atoms with van der Waals surface area (Å²) >= 11 is 0. The Morgan fingerprint density at radius 2 is 1.95 bits per heavy atom. The summed E-state index contributed by atoms with van der Waals surface area (Å²) in [6.45, 7) is 3.60. The number of H-pyrrole nitrogens is 1. The van der Waals surface area contributed by atoms with Gasteiger partial charge >= 0.3 is 0 Å². The molecule has 6 nitrogen and oxygen atoms in total. The highest BCUT2D eigenvalue weighted by molar-refractivity contribution is 7.90. The molecule has 1 aromatic carbocycles. The Hall–Kier alpha value is -2.15. The molecule has 0 unspecified atom stereocenters. The second-order valence-corrected chi connectivity index (χ2v) is 6.70. The molecule has 104 valence electrons. The normalized spacial score (nSPS) is 12.2. The molecule has 0 radical (unpaired) electrons. The summed E-state index contributed by atoms with van der Waals surface area (Å²) in [5, 5.41) is 0. The van der Waals surface area contributed by atoms with Crippen LogP contribution in [0.1, 0.15) is 11.6 Å². The second-order valence-electron chi connectivity index (χ2n) is 4.68. The zero-order chi connectivity index (χ0) is 14.5. The summed E-state index contributed by atoms with van der Waals surface area (Å²) in [4.78, 5) is 11.9. The molecule has 0 fully saturated rings. The molecule has 0 amide bonds. The van der Waals surface area contributed by atoms with Gasteiger partial charge in [0.05, 0.1) is 21.6 Å². The van der Waals surface area contributed by atoms with E-state index in [4.69, 9.17) is 4.42 Å². The molecule has 2 aromatic heterocycles. The monoisotopic (exact) mass is 291 g/mol. The van der Waals surface area contributed by atoms with Gasteiger partial charge in [0.25, 0.3) is 0 Å². The highest BCUT2D eigenvalue weighted by atomic mass is 32.2. The highest BCUT2D eigenvalue weighted by Gasteiger charge is 2.15. The van der Waals surface area contributed by atoms with Gasteiger partial charge in [0, 0.05) is 13.2 Å². The van der Waals surface area contributed by atoms with E-state index >= 15 is 0 Å². The number of sulfone groups is 1. The van der Waals surface area contributed by atoms with Crippen molar-refractivity contribution in [3.8, 4) is 11.6 Å². The van der Waals surface area contributed by atoms with E-state index in [0.717, 1.165) is 5.69 Å². The smallest absolute Gasteiger partial charge is 0.192 e. The molecule has 0 saturated heterocycles. The average Bonchev–Trinajstić information content (AvgIpc) is 2.89. The molecule has 2 heterocycles. The third kappa shape index (κ3) is 2.09. The fourth-order valence-electron chi connectivity index (χ4n) is 2.08. The van der Waals surface area contributed by atoms with Crippen molar-refractivity contribution in [2.24, 2.45) is 0 Å². The summed E-state index contributed by atoms with van der Waals surface area (Å²) in [7, 11) is -3.24. The van der Waals surface area contributed by atoms with E-state index in [9.17, 15) is 8.42 Å². The van der Waals surface area contributed by atoms with E-state index in [0.29, 0.717) is 28.5 Å². The number of oxazole rings is 1. The maximum atomic E-state index is 11.5. The molecule has 7 heteroatoms. The van der Waals surface area contributed by atoms with Crippen LogP contribution in [0.5, 0.6) is 0 Å². The highest BCUT2D eigenvalue weighted by Crippen LogP contribution is 2.25. The summed E-state index contributed by atoms with van der Waals surface area (Å²) < 4.78 is 28.6. The van der Waals surface area contributed by atoms with E-state index in [1.807, 2.05) is 6.92 Å². The van der Waals surface area contributed by atoms with Crippen LogP contribution in [-0.2, 0) is 9.84 Å².